The van der Waals surface area contributed by atoms with E-state index >= 15 is 0 Å². The maximum atomic E-state index is 13.4. The summed E-state index contributed by atoms with van der Waals surface area (Å²) >= 11 is 6.33. The lowest BCUT2D eigenvalue weighted by molar-refractivity contribution is -0.140. The number of halogens is 2. The van der Waals surface area contributed by atoms with E-state index in [1.165, 1.54) is 23.1 Å². The van der Waals surface area contributed by atoms with Crippen LogP contribution in [0.15, 0.2) is 78.4 Å². The molecule has 1 saturated heterocycles. The number of nitrogens with zero attached hydrogens (tertiary/aromatic N) is 1. The molecule has 0 aromatic heterocycles. The summed E-state index contributed by atoms with van der Waals surface area (Å²) in [4.78, 5) is 27.6. The standard InChI is InChI=1S/C26H21ClFNO4/c1-2-33-19-12-13-21(27)20(14-19)24(30)22-23(17-6-4-3-5-7-17)29(26(32)25(22)31)15-16-8-10-18(28)11-9-16/h3-14,23,30H,2,15H2,1H3/b24-22+. The molecule has 1 aliphatic heterocycles. The second kappa shape index (κ2) is 9.46. The van der Waals surface area contributed by atoms with Crippen LogP contribution >= 0.6 is 11.6 Å². The molecule has 5 nitrogen and oxygen atoms in total. The Kier molecular flexibility index (Phi) is 6.47. The molecule has 0 aliphatic carbocycles. The number of rotatable bonds is 6. The third kappa shape index (κ3) is 4.47. The molecule has 0 radical (unpaired) electrons. The summed E-state index contributed by atoms with van der Waals surface area (Å²) in [5.41, 5.74) is 1.43. The number of ether oxygens (including phenoxy) is 1. The number of ketones is 1. The quantitative estimate of drug-likeness (QED) is 0.296. The Hall–Kier alpha value is -3.64. The van der Waals surface area contributed by atoms with Gasteiger partial charge in [0, 0.05) is 12.1 Å². The van der Waals surface area contributed by atoms with Crippen LogP contribution in [0.4, 0.5) is 4.39 Å². The van der Waals surface area contributed by atoms with Crippen LogP contribution in [0.25, 0.3) is 5.76 Å². The average Bonchev–Trinajstić information content (AvgIpc) is 3.07. The molecule has 7 heteroatoms. The number of hydrogen-bond acceptors (Lipinski definition) is 4. The molecule has 1 unspecified atom stereocenters. The van der Waals surface area contributed by atoms with Gasteiger partial charge in [0.2, 0.25) is 0 Å². The monoisotopic (exact) mass is 465 g/mol. The number of amides is 1. The van der Waals surface area contributed by atoms with E-state index < -0.39 is 23.5 Å². The van der Waals surface area contributed by atoms with Crippen LogP contribution < -0.4 is 4.74 Å². The van der Waals surface area contributed by atoms with Gasteiger partial charge < -0.3 is 14.7 Å². The van der Waals surface area contributed by atoms with Crippen LogP contribution in [0, 0.1) is 5.82 Å². The highest BCUT2D eigenvalue weighted by molar-refractivity contribution is 6.47. The minimum atomic E-state index is -0.844. The predicted molar refractivity (Wildman–Crippen MR) is 123 cm³/mol. The molecule has 3 aromatic carbocycles. The van der Waals surface area contributed by atoms with Crippen molar-refractivity contribution in [3.63, 3.8) is 0 Å². The Bertz CT molecular complexity index is 1220. The van der Waals surface area contributed by atoms with Crippen LogP contribution in [0.1, 0.15) is 29.7 Å². The van der Waals surface area contributed by atoms with E-state index in [4.69, 9.17) is 16.3 Å². The molecule has 1 aliphatic rings. The number of aliphatic hydroxyl groups excluding tert-OH is 1. The van der Waals surface area contributed by atoms with E-state index in [9.17, 15) is 19.1 Å². The van der Waals surface area contributed by atoms with Crippen LogP contribution in [0.3, 0.4) is 0 Å². The number of likely N-dealkylation sites (tertiary alicyclic amines) is 1. The first-order valence-electron chi connectivity index (χ1n) is 10.4. The summed E-state index contributed by atoms with van der Waals surface area (Å²) in [6.07, 6.45) is 0. The Balaban J connectivity index is 1.85. The molecule has 1 heterocycles. The van der Waals surface area contributed by atoms with E-state index in [2.05, 4.69) is 0 Å². The summed E-state index contributed by atoms with van der Waals surface area (Å²) in [5.74, 6) is -1.88. The van der Waals surface area contributed by atoms with Crippen molar-refractivity contribution >= 4 is 29.1 Å². The third-order valence-electron chi connectivity index (χ3n) is 5.43. The molecular formula is C26H21ClFNO4. The van der Waals surface area contributed by atoms with Crippen molar-refractivity contribution in [2.75, 3.05) is 6.61 Å². The number of Topliss-reactive ketones (excluding diaryl/α,β-unsaturated/α-hetero) is 1. The zero-order valence-corrected chi connectivity index (χ0v) is 18.6. The van der Waals surface area contributed by atoms with Gasteiger partial charge in [0.05, 0.1) is 23.2 Å². The third-order valence-corrected chi connectivity index (χ3v) is 5.75. The molecule has 3 aromatic rings. The summed E-state index contributed by atoms with van der Waals surface area (Å²) in [7, 11) is 0. The van der Waals surface area contributed by atoms with E-state index in [0.29, 0.717) is 23.5 Å². The minimum Gasteiger partial charge on any atom is -0.507 e. The second-order valence-corrected chi connectivity index (χ2v) is 7.95. The van der Waals surface area contributed by atoms with Gasteiger partial charge in [0.1, 0.15) is 17.3 Å². The van der Waals surface area contributed by atoms with Crippen molar-refractivity contribution in [1.29, 1.82) is 0 Å². The fourth-order valence-electron chi connectivity index (χ4n) is 3.90. The molecule has 1 N–H and O–H groups in total. The maximum absolute atomic E-state index is 13.4. The van der Waals surface area contributed by atoms with Crippen LogP contribution in [0.5, 0.6) is 5.75 Å². The van der Waals surface area contributed by atoms with Crippen molar-refractivity contribution < 1.29 is 23.8 Å². The highest BCUT2D eigenvalue weighted by atomic mass is 35.5. The SMILES string of the molecule is CCOc1ccc(Cl)c(/C(O)=C2\C(=O)C(=O)N(Cc3ccc(F)cc3)C2c2ccccc2)c1. The van der Waals surface area contributed by atoms with Crippen molar-refractivity contribution in [3.05, 3.63) is 106 Å². The Morgan fingerprint density at radius 3 is 2.42 bits per heavy atom. The molecule has 0 bridgehead atoms. The smallest absolute Gasteiger partial charge is 0.295 e. The largest absolute Gasteiger partial charge is 0.507 e. The zero-order chi connectivity index (χ0) is 23.5. The van der Waals surface area contributed by atoms with Gasteiger partial charge in [-0.05, 0) is 48.4 Å². The van der Waals surface area contributed by atoms with E-state index in [1.807, 2.05) is 13.0 Å². The van der Waals surface area contributed by atoms with Gasteiger partial charge >= 0.3 is 0 Å². The first-order valence-corrected chi connectivity index (χ1v) is 10.8. The molecule has 33 heavy (non-hydrogen) atoms. The summed E-state index contributed by atoms with van der Waals surface area (Å²) < 4.78 is 18.9. The molecule has 1 amide bonds. The summed E-state index contributed by atoms with van der Waals surface area (Å²) in [5, 5.41) is 11.4. The first kappa shape index (κ1) is 22.6. The molecular weight excluding hydrogens is 445 g/mol. The fourth-order valence-corrected chi connectivity index (χ4v) is 4.11. The number of carbonyl (C=O) groups excluding carboxylic acids is 2. The fraction of sp³-hybridized carbons (Fsp3) is 0.154. The van der Waals surface area contributed by atoms with E-state index in [0.717, 1.165) is 0 Å². The van der Waals surface area contributed by atoms with Crippen molar-refractivity contribution in [2.45, 2.75) is 19.5 Å². The van der Waals surface area contributed by atoms with Gasteiger partial charge in [-0.1, -0.05) is 54.1 Å². The summed E-state index contributed by atoms with van der Waals surface area (Å²) in [6.45, 7) is 2.30. The van der Waals surface area contributed by atoms with E-state index in [1.54, 1.807) is 48.5 Å². The highest BCUT2D eigenvalue weighted by Crippen LogP contribution is 2.41. The lowest BCUT2D eigenvalue weighted by Crippen LogP contribution is -2.29. The van der Waals surface area contributed by atoms with Crippen molar-refractivity contribution in [2.24, 2.45) is 0 Å². The molecule has 1 atom stereocenters. The lowest BCUT2D eigenvalue weighted by Gasteiger charge is -2.25. The lowest BCUT2D eigenvalue weighted by atomic mass is 9.95. The number of hydrogen-bond donors (Lipinski definition) is 1. The normalized spacial score (nSPS) is 17.4. The zero-order valence-electron chi connectivity index (χ0n) is 17.8. The van der Waals surface area contributed by atoms with Gasteiger partial charge in [-0.25, -0.2) is 4.39 Å². The van der Waals surface area contributed by atoms with Gasteiger partial charge in [-0.3, -0.25) is 9.59 Å². The van der Waals surface area contributed by atoms with Crippen LogP contribution in [-0.2, 0) is 16.1 Å². The van der Waals surface area contributed by atoms with Gasteiger partial charge in [0.15, 0.2) is 0 Å². The topological polar surface area (TPSA) is 66.8 Å². The molecule has 1 fully saturated rings. The second-order valence-electron chi connectivity index (χ2n) is 7.54. The van der Waals surface area contributed by atoms with Crippen molar-refractivity contribution in [3.8, 4) is 5.75 Å². The van der Waals surface area contributed by atoms with Crippen LogP contribution in [0.2, 0.25) is 5.02 Å². The first-order chi connectivity index (χ1) is 15.9. The average molecular weight is 466 g/mol. The van der Waals surface area contributed by atoms with E-state index in [-0.39, 0.29) is 28.5 Å². The Morgan fingerprint density at radius 2 is 1.76 bits per heavy atom. The Morgan fingerprint density at radius 1 is 1.06 bits per heavy atom. The molecule has 168 valence electrons. The van der Waals surface area contributed by atoms with Crippen molar-refractivity contribution in [1.82, 2.24) is 4.90 Å². The number of carbonyl (C=O) groups is 2. The molecule has 0 spiro atoms. The van der Waals surface area contributed by atoms with Gasteiger partial charge in [0.25, 0.3) is 11.7 Å². The Labute approximate surface area is 195 Å². The summed E-state index contributed by atoms with van der Waals surface area (Å²) in [6, 6.07) is 18.6. The number of benzene rings is 3. The highest BCUT2D eigenvalue weighted by Gasteiger charge is 2.46. The minimum absolute atomic E-state index is 0.0634. The predicted octanol–water partition coefficient (Wildman–Crippen LogP) is 5.50. The molecule has 4 rings (SSSR count). The van der Waals surface area contributed by atoms with Crippen LogP contribution in [-0.4, -0.2) is 28.3 Å². The molecule has 0 saturated carbocycles. The van der Waals surface area contributed by atoms with Gasteiger partial charge in [-0.2, -0.15) is 0 Å². The maximum Gasteiger partial charge on any atom is 0.295 e. The van der Waals surface area contributed by atoms with Gasteiger partial charge in [-0.15, -0.1) is 0 Å². The number of aliphatic hydroxyl groups is 1.